The van der Waals surface area contributed by atoms with Crippen LogP contribution in [0, 0.1) is 10.1 Å². The van der Waals surface area contributed by atoms with Gasteiger partial charge in [-0.2, -0.15) is 0 Å². The quantitative estimate of drug-likeness (QED) is 0.621. The molecule has 0 radical (unpaired) electrons. The summed E-state index contributed by atoms with van der Waals surface area (Å²) in [7, 11) is 0. The van der Waals surface area contributed by atoms with E-state index in [0.29, 0.717) is 5.75 Å². The lowest BCUT2D eigenvalue weighted by Crippen LogP contribution is -2.04. The van der Waals surface area contributed by atoms with Crippen LogP contribution in [0.2, 0.25) is 0 Å². The van der Waals surface area contributed by atoms with Gasteiger partial charge in [0.1, 0.15) is 11.3 Å². The number of aromatic carboxylic acids is 1. The third-order valence-electron chi connectivity index (χ3n) is 2.22. The van der Waals surface area contributed by atoms with E-state index in [1.807, 2.05) is 0 Å². The molecule has 0 aliphatic heterocycles. The number of rotatable bonds is 4. The maximum absolute atomic E-state index is 10.7. The van der Waals surface area contributed by atoms with Gasteiger partial charge in [0.05, 0.1) is 17.1 Å². The van der Waals surface area contributed by atoms with Gasteiger partial charge in [-0.1, -0.05) is 0 Å². The summed E-state index contributed by atoms with van der Waals surface area (Å²) in [5.41, 5.74) is -0.765. The highest BCUT2D eigenvalue weighted by Crippen LogP contribution is 2.30. The lowest BCUT2D eigenvalue weighted by Gasteiger charge is -2.04. The monoisotopic (exact) mass is 223 g/mol. The van der Waals surface area contributed by atoms with Gasteiger partial charge in [-0.15, -0.1) is 0 Å². The number of carboxylic acid groups (broad SMARTS) is 1. The Hall–Kier alpha value is -2.11. The van der Waals surface area contributed by atoms with Gasteiger partial charge in [0.2, 0.25) is 0 Å². The largest absolute Gasteiger partial charge is 0.490 e. The van der Waals surface area contributed by atoms with Crippen molar-refractivity contribution in [2.75, 3.05) is 0 Å². The molecule has 1 saturated carbocycles. The molecule has 0 spiro atoms. The molecule has 0 saturated heterocycles. The van der Waals surface area contributed by atoms with E-state index in [2.05, 4.69) is 0 Å². The normalized spacial score (nSPS) is 14.5. The summed E-state index contributed by atoms with van der Waals surface area (Å²) in [5, 5.41) is 19.4. The van der Waals surface area contributed by atoms with Crippen molar-refractivity contribution >= 4 is 11.7 Å². The number of hydrogen-bond donors (Lipinski definition) is 1. The Morgan fingerprint density at radius 1 is 1.50 bits per heavy atom. The zero-order valence-corrected chi connectivity index (χ0v) is 8.25. The van der Waals surface area contributed by atoms with Crippen LogP contribution in [0.5, 0.6) is 5.75 Å². The molecule has 1 aliphatic carbocycles. The average Bonchev–Trinajstić information content (AvgIpc) is 3.01. The second-order valence-corrected chi connectivity index (χ2v) is 3.56. The van der Waals surface area contributed by atoms with Crippen LogP contribution in [0.4, 0.5) is 5.69 Å². The minimum Gasteiger partial charge on any atom is -0.490 e. The van der Waals surface area contributed by atoms with Gasteiger partial charge in [0, 0.05) is 0 Å². The fourth-order valence-corrected chi connectivity index (χ4v) is 1.30. The molecule has 6 heteroatoms. The van der Waals surface area contributed by atoms with Crippen molar-refractivity contribution in [2.45, 2.75) is 18.9 Å². The fourth-order valence-electron chi connectivity index (χ4n) is 1.30. The van der Waals surface area contributed by atoms with Crippen LogP contribution in [-0.2, 0) is 0 Å². The first-order valence-electron chi connectivity index (χ1n) is 4.76. The van der Waals surface area contributed by atoms with Crippen LogP contribution in [0.15, 0.2) is 18.2 Å². The molecule has 0 atom stereocenters. The zero-order chi connectivity index (χ0) is 11.7. The number of carbonyl (C=O) groups is 1. The molecule has 0 aromatic heterocycles. The summed E-state index contributed by atoms with van der Waals surface area (Å²) >= 11 is 0. The van der Waals surface area contributed by atoms with Crippen LogP contribution in [-0.4, -0.2) is 22.1 Å². The summed E-state index contributed by atoms with van der Waals surface area (Å²) in [5.74, 6) is -0.969. The molecule has 84 valence electrons. The topological polar surface area (TPSA) is 89.7 Å². The van der Waals surface area contributed by atoms with Crippen molar-refractivity contribution in [2.24, 2.45) is 0 Å². The number of nitrogens with zero attached hydrogens (tertiary/aromatic N) is 1. The predicted octanol–water partition coefficient (Wildman–Crippen LogP) is 1.83. The Bertz CT molecular complexity index is 453. The van der Waals surface area contributed by atoms with E-state index in [4.69, 9.17) is 9.84 Å². The first-order chi connectivity index (χ1) is 7.58. The summed E-state index contributed by atoms with van der Waals surface area (Å²) in [4.78, 5) is 20.7. The zero-order valence-electron chi connectivity index (χ0n) is 8.25. The maximum atomic E-state index is 10.7. The van der Waals surface area contributed by atoms with E-state index in [0.717, 1.165) is 18.9 Å². The third-order valence-corrected chi connectivity index (χ3v) is 2.22. The van der Waals surface area contributed by atoms with Crippen molar-refractivity contribution in [1.29, 1.82) is 0 Å². The van der Waals surface area contributed by atoms with E-state index in [1.54, 1.807) is 0 Å². The Kier molecular flexibility index (Phi) is 2.47. The van der Waals surface area contributed by atoms with Crippen molar-refractivity contribution in [1.82, 2.24) is 0 Å². The minimum absolute atomic E-state index is 0.121. The van der Waals surface area contributed by atoms with Crippen LogP contribution in [0.1, 0.15) is 23.2 Å². The molecule has 2 rings (SSSR count). The number of nitro groups is 1. The highest BCUT2D eigenvalue weighted by molar-refractivity contribution is 5.92. The SMILES string of the molecule is O=C(O)c1ccc(OC2CC2)cc1[N+](=O)[O-]. The number of nitro benzene ring substituents is 1. The molecule has 1 aromatic carbocycles. The van der Waals surface area contributed by atoms with Crippen LogP contribution in [0.25, 0.3) is 0 Å². The summed E-state index contributed by atoms with van der Waals surface area (Å²) in [6.07, 6.45) is 2.00. The lowest BCUT2D eigenvalue weighted by atomic mass is 10.2. The second kappa shape index (κ2) is 3.80. The summed E-state index contributed by atoms with van der Waals surface area (Å²) in [6.45, 7) is 0. The average molecular weight is 223 g/mol. The highest BCUT2D eigenvalue weighted by Gasteiger charge is 2.26. The summed E-state index contributed by atoms with van der Waals surface area (Å²) in [6, 6.07) is 3.79. The lowest BCUT2D eigenvalue weighted by molar-refractivity contribution is -0.385. The van der Waals surface area contributed by atoms with Crippen LogP contribution in [0.3, 0.4) is 0 Å². The van der Waals surface area contributed by atoms with E-state index >= 15 is 0 Å². The van der Waals surface area contributed by atoms with Gasteiger partial charge >= 0.3 is 5.97 Å². The van der Waals surface area contributed by atoms with E-state index in [9.17, 15) is 14.9 Å². The molecular formula is C10H9NO5. The van der Waals surface area contributed by atoms with Gasteiger partial charge in [-0.3, -0.25) is 10.1 Å². The maximum Gasteiger partial charge on any atom is 0.342 e. The van der Waals surface area contributed by atoms with Gasteiger partial charge in [0.15, 0.2) is 0 Å². The number of hydrogen-bond acceptors (Lipinski definition) is 4. The van der Waals surface area contributed by atoms with E-state index in [1.165, 1.54) is 12.1 Å². The Morgan fingerprint density at radius 2 is 2.19 bits per heavy atom. The molecule has 0 heterocycles. The van der Waals surface area contributed by atoms with Crippen molar-refractivity contribution in [3.05, 3.63) is 33.9 Å². The van der Waals surface area contributed by atoms with Crippen molar-refractivity contribution < 1.29 is 19.6 Å². The van der Waals surface area contributed by atoms with Crippen LogP contribution < -0.4 is 4.74 Å². The molecule has 16 heavy (non-hydrogen) atoms. The standard InChI is InChI=1S/C10H9NO5/c12-10(13)8-4-3-7(16-6-1-2-6)5-9(8)11(14)15/h3-6H,1-2H2,(H,12,13). The molecular weight excluding hydrogens is 214 g/mol. The molecule has 0 amide bonds. The molecule has 0 bridgehead atoms. The third kappa shape index (κ3) is 2.10. The molecule has 0 unspecified atom stereocenters. The Balaban J connectivity index is 2.34. The van der Waals surface area contributed by atoms with Gasteiger partial charge < -0.3 is 9.84 Å². The first-order valence-corrected chi connectivity index (χ1v) is 4.76. The molecule has 6 nitrogen and oxygen atoms in total. The molecule has 1 fully saturated rings. The number of benzene rings is 1. The van der Waals surface area contributed by atoms with Crippen LogP contribution >= 0.6 is 0 Å². The molecule has 1 aromatic rings. The van der Waals surface area contributed by atoms with E-state index in [-0.39, 0.29) is 11.7 Å². The second-order valence-electron chi connectivity index (χ2n) is 3.56. The highest BCUT2D eigenvalue weighted by atomic mass is 16.6. The molecule has 1 aliphatic rings. The van der Waals surface area contributed by atoms with E-state index < -0.39 is 16.6 Å². The molecule has 1 N–H and O–H groups in total. The minimum atomic E-state index is -1.32. The van der Waals surface area contributed by atoms with Gasteiger partial charge in [-0.25, -0.2) is 4.79 Å². The van der Waals surface area contributed by atoms with Crippen molar-refractivity contribution in [3.63, 3.8) is 0 Å². The van der Waals surface area contributed by atoms with Gasteiger partial charge in [0.25, 0.3) is 5.69 Å². The summed E-state index contributed by atoms with van der Waals surface area (Å²) < 4.78 is 5.35. The Labute approximate surface area is 90.6 Å². The van der Waals surface area contributed by atoms with Gasteiger partial charge in [-0.05, 0) is 25.0 Å². The number of carboxylic acids is 1. The Morgan fingerprint density at radius 3 is 2.69 bits per heavy atom. The van der Waals surface area contributed by atoms with Crippen molar-refractivity contribution in [3.8, 4) is 5.75 Å². The number of ether oxygens (including phenoxy) is 1. The predicted molar refractivity (Wildman–Crippen MR) is 53.7 cm³/mol. The first kappa shape index (κ1) is 10.4. The smallest absolute Gasteiger partial charge is 0.342 e. The fraction of sp³-hybridized carbons (Fsp3) is 0.300.